The Labute approximate surface area is 116 Å². The van der Waals surface area contributed by atoms with Crippen LogP contribution in [0.4, 0.5) is 5.82 Å². The van der Waals surface area contributed by atoms with Gasteiger partial charge in [-0.05, 0) is 24.3 Å². The molecule has 2 aromatic rings. The van der Waals surface area contributed by atoms with Crippen molar-refractivity contribution in [1.29, 1.82) is 0 Å². The summed E-state index contributed by atoms with van der Waals surface area (Å²) in [6.07, 6.45) is 3.10. The standard InChI is InChI=1S/C13H14ClN3O2/c1-18-10-2-4-11(5-3-10)19-7-6-16-13-9-15-8-12(14)17-13/h2-5,8-9H,6-7H2,1H3,(H,16,17). The zero-order valence-corrected chi connectivity index (χ0v) is 11.2. The number of benzene rings is 1. The lowest BCUT2D eigenvalue weighted by Crippen LogP contribution is -2.12. The molecule has 100 valence electrons. The van der Waals surface area contributed by atoms with Crippen LogP contribution in [0.3, 0.4) is 0 Å². The first-order chi connectivity index (χ1) is 9.28. The molecular weight excluding hydrogens is 266 g/mol. The minimum absolute atomic E-state index is 0.362. The average Bonchev–Trinajstić information content (AvgIpc) is 2.44. The lowest BCUT2D eigenvalue weighted by atomic mass is 10.3. The highest BCUT2D eigenvalue weighted by atomic mass is 35.5. The van der Waals surface area contributed by atoms with E-state index in [2.05, 4.69) is 15.3 Å². The normalized spacial score (nSPS) is 10.0. The monoisotopic (exact) mass is 279 g/mol. The topological polar surface area (TPSA) is 56.3 Å². The van der Waals surface area contributed by atoms with E-state index in [1.165, 1.54) is 6.20 Å². The van der Waals surface area contributed by atoms with E-state index in [1.807, 2.05) is 24.3 Å². The van der Waals surface area contributed by atoms with Gasteiger partial charge in [0.05, 0.1) is 26.0 Å². The van der Waals surface area contributed by atoms with Gasteiger partial charge >= 0.3 is 0 Å². The molecule has 19 heavy (non-hydrogen) atoms. The van der Waals surface area contributed by atoms with Crippen LogP contribution in [0.2, 0.25) is 5.15 Å². The molecular formula is C13H14ClN3O2. The van der Waals surface area contributed by atoms with Crippen molar-refractivity contribution in [3.63, 3.8) is 0 Å². The molecule has 0 aliphatic carbocycles. The van der Waals surface area contributed by atoms with Crippen molar-refractivity contribution in [3.05, 3.63) is 41.8 Å². The summed E-state index contributed by atoms with van der Waals surface area (Å²) in [5.41, 5.74) is 0. The first kappa shape index (κ1) is 13.4. The van der Waals surface area contributed by atoms with Crippen molar-refractivity contribution in [2.75, 3.05) is 25.6 Å². The molecule has 0 amide bonds. The second-order valence-corrected chi connectivity index (χ2v) is 4.07. The molecule has 0 aliphatic heterocycles. The summed E-state index contributed by atoms with van der Waals surface area (Å²) >= 11 is 5.73. The van der Waals surface area contributed by atoms with Crippen LogP contribution in [0.5, 0.6) is 11.5 Å². The molecule has 0 saturated heterocycles. The molecule has 0 unspecified atom stereocenters. The first-order valence-corrected chi connectivity index (χ1v) is 6.14. The summed E-state index contributed by atoms with van der Waals surface area (Å²) in [7, 11) is 1.63. The number of anilines is 1. The maximum absolute atomic E-state index is 5.73. The molecule has 5 nitrogen and oxygen atoms in total. The maximum Gasteiger partial charge on any atom is 0.149 e. The molecule has 1 aromatic carbocycles. The van der Waals surface area contributed by atoms with Crippen LogP contribution < -0.4 is 14.8 Å². The van der Waals surface area contributed by atoms with Gasteiger partial charge in [-0.15, -0.1) is 0 Å². The number of nitrogens with zero attached hydrogens (tertiary/aromatic N) is 2. The number of methoxy groups -OCH3 is 1. The van der Waals surface area contributed by atoms with Gasteiger partial charge in [-0.25, -0.2) is 4.98 Å². The van der Waals surface area contributed by atoms with Gasteiger partial charge in [0, 0.05) is 0 Å². The summed E-state index contributed by atoms with van der Waals surface area (Å²) in [5, 5.41) is 3.43. The van der Waals surface area contributed by atoms with Gasteiger partial charge in [0.1, 0.15) is 29.1 Å². The highest BCUT2D eigenvalue weighted by molar-refractivity contribution is 6.29. The van der Waals surface area contributed by atoms with Crippen LogP contribution in [-0.4, -0.2) is 30.2 Å². The fourth-order valence-electron chi connectivity index (χ4n) is 1.45. The number of halogens is 1. The Bertz CT molecular complexity index is 520. The SMILES string of the molecule is COc1ccc(OCCNc2cncc(Cl)n2)cc1. The summed E-state index contributed by atoms with van der Waals surface area (Å²) < 4.78 is 10.6. The van der Waals surface area contributed by atoms with E-state index in [0.717, 1.165) is 11.5 Å². The van der Waals surface area contributed by atoms with Crippen molar-refractivity contribution in [2.24, 2.45) is 0 Å². The average molecular weight is 280 g/mol. The fraction of sp³-hybridized carbons (Fsp3) is 0.231. The zero-order valence-electron chi connectivity index (χ0n) is 10.5. The Morgan fingerprint density at radius 2 is 1.89 bits per heavy atom. The third kappa shape index (κ3) is 4.30. The highest BCUT2D eigenvalue weighted by Crippen LogP contribution is 2.16. The number of ether oxygens (including phenoxy) is 2. The number of nitrogens with one attached hydrogen (secondary N) is 1. The van der Waals surface area contributed by atoms with Crippen molar-refractivity contribution in [3.8, 4) is 11.5 Å². The van der Waals surface area contributed by atoms with E-state index in [-0.39, 0.29) is 0 Å². The number of rotatable bonds is 6. The van der Waals surface area contributed by atoms with Gasteiger partial charge in [0.25, 0.3) is 0 Å². The number of hydrogen-bond donors (Lipinski definition) is 1. The molecule has 0 aliphatic rings. The van der Waals surface area contributed by atoms with E-state index < -0.39 is 0 Å². The minimum atomic E-state index is 0.362. The van der Waals surface area contributed by atoms with Crippen molar-refractivity contribution in [1.82, 2.24) is 9.97 Å². The Hall–Kier alpha value is -2.01. The molecule has 1 N–H and O–H groups in total. The van der Waals surface area contributed by atoms with Gasteiger partial charge in [-0.3, -0.25) is 4.98 Å². The van der Waals surface area contributed by atoms with Gasteiger partial charge in [0.2, 0.25) is 0 Å². The predicted octanol–water partition coefficient (Wildman–Crippen LogP) is 2.63. The van der Waals surface area contributed by atoms with E-state index in [1.54, 1.807) is 13.3 Å². The van der Waals surface area contributed by atoms with Crippen LogP contribution in [0, 0.1) is 0 Å². The quantitative estimate of drug-likeness (QED) is 0.824. The number of aromatic nitrogens is 2. The maximum atomic E-state index is 5.73. The van der Waals surface area contributed by atoms with Crippen molar-refractivity contribution >= 4 is 17.4 Å². The molecule has 0 atom stereocenters. The summed E-state index contributed by atoms with van der Waals surface area (Å²) in [6.45, 7) is 1.13. The predicted molar refractivity (Wildman–Crippen MR) is 74.0 cm³/mol. The Morgan fingerprint density at radius 1 is 1.16 bits per heavy atom. The molecule has 1 heterocycles. The largest absolute Gasteiger partial charge is 0.497 e. The Balaban J connectivity index is 1.74. The third-order valence-corrected chi connectivity index (χ3v) is 2.52. The van der Waals surface area contributed by atoms with Crippen LogP contribution in [0.25, 0.3) is 0 Å². The minimum Gasteiger partial charge on any atom is -0.497 e. The van der Waals surface area contributed by atoms with Crippen LogP contribution >= 0.6 is 11.6 Å². The van der Waals surface area contributed by atoms with Gasteiger partial charge in [-0.2, -0.15) is 0 Å². The summed E-state index contributed by atoms with van der Waals surface area (Å²) in [4.78, 5) is 7.99. The van der Waals surface area contributed by atoms with Crippen molar-refractivity contribution in [2.45, 2.75) is 0 Å². The summed E-state index contributed by atoms with van der Waals surface area (Å²) in [5.74, 6) is 2.23. The molecule has 1 aromatic heterocycles. The van der Waals surface area contributed by atoms with Crippen LogP contribution in [0.15, 0.2) is 36.7 Å². The molecule has 6 heteroatoms. The summed E-state index contributed by atoms with van der Waals surface area (Å²) in [6, 6.07) is 7.42. The molecule has 2 rings (SSSR count). The smallest absolute Gasteiger partial charge is 0.149 e. The van der Waals surface area contributed by atoms with E-state index in [9.17, 15) is 0 Å². The highest BCUT2D eigenvalue weighted by Gasteiger charge is 1.97. The third-order valence-electron chi connectivity index (χ3n) is 2.34. The number of hydrogen-bond acceptors (Lipinski definition) is 5. The van der Waals surface area contributed by atoms with Crippen LogP contribution in [0.1, 0.15) is 0 Å². The second kappa shape index (κ2) is 6.80. The molecule has 0 bridgehead atoms. The molecule has 0 radical (unpaired) electrons. The molecule has 0 fully saturated rings. The Morgan fingerprint density at radius 3 is 2.58 bits per heavy atom. The van der Waals surface area contributed by atoms with Gasteiger partial charge in [-0.1, -0.05) is 11.6 Å². The lowest BCUT2D eigenvalue weighted by Gasteiger charge is -2.08. The van der Waals surface area contributed by atoms with Crippen LogP contribution in [-0.2, 0) is 0 Å². The molecule has 0 saturated carbocycles. The van der Waals surface area contributed by atoms with Gasteiger partial charge < -0.3 is 14.8 Å². The van der Waals surface area contributed by atoms with Gasteiger partial charge in [0.15, 0.2) is 0 Å². The van der Waals surface area contributed by atoms with Crippen molar-refractivity contribution < 1.29 is 9.47 Å². The van der Waals surface area contributed by atoms with E-state index in [0.29, 0.717) is 24.1 Å². The lowest BCUT2D eigenvalue weighted by molar-refractivity contribution is 0.331. The van der Waals surface area contributed by atoms with E-state index in [4.69, 9.17) is 21.1 Å². The first-order valence-electron chi connectivity index (χ1n) is 5.76. The second-order valence-electron chi connectivity index (χ2n) is 3.68. The zero-order chi connectivity index (χ0) is 13.5. The Kier molecular flexibility index (Phi) is 4.80. The van der Waals surface area contributed by atoms with E-state index >= 15 is 0 Å². The molecule has 0 spiro atoms. The fourth-order valence-corrected chi connectivity index (χ4v) is 1.59.